The maximum absolute atomic E-state index is 11.5. The molecule has 36 heavy (non-hydrogen) atoms. The summed E-state index contributed by atoms with van der Waals surface area (Å²) in [4.78, 5) is 53.0. The lowest BCUT2D eigenvalue weighted by molar-refractivity contribution is -0.207. The van der Waals surface area contributed by atoms with Gasteiger partial charge in [-0.1, -0.05) is 13.2 Å². The zero-order valence-corrected chi connectivity index (χ0v) is 19.4. The smallest absolute Gasteiger partial charge is 0.411 e. The molecule has 0 aromatic heterocycles. The monoisotopic (exact) mass is 502 g/mol. The van der Waals surface area contributed by atoms with Crippen LogP contribution < -0.4 is 15.5 Å². The average molecular weight is 502 g/mol. The molecule has 0 fully saturated rings. The minimum atomic E-state index is -0.729. The minimum absolute atomic E-state index is 0.0697. The number of hydrogen-bond acceptors (Lipinski definition) is 10. The molecule has 2 aromatic rings. The Morgan fingerprint density at radius 2 is 1.28 bits per heavy atom. The lowest BCUT2D eigenvalue weighted by atomic mass is 10.3. The lowest BCUT2D eigenvalue weighted by Gasteiger charge is -2.08. The first-order valence-corrected chi connectivity index (χ1v) is 10.3. The van der Waals surface area contributed by atoms with Gasteiger partial charge in [0.15, 0.2) is 5.75 Å². The average Bonchev–Trinajstić information content (AvgIpc) is 2.87. The molecule has 0 aliphatic rings. The normalized spacial score (nSPS) is 9.25. The van der Waals surface area contributed by atoms with Crippen LogP contribution in [-0.2, 0) is 28.7 Å². The van der Waals surface area contributed by atoms with Crippen LogP contribution in [0.1, 0.15) is 6.92 Å². The highest BCUT2D eigenvalue weighted by Crippen LogP contribution is 2.16. The predicted molar refractivity (Wildman–Crippen MR) is 128 cm³/mol. The number of nitrogens with one attached hydrogen (secondary N) is 2. The van der Waals surface area contributed by atoms with Crippen LogP contribution in [0.15, 0.2) is 73.8 Å². The largest absolute Gasteiger partial charge is 0.508 e. The van der Waals surface area contributed by atoms with Crippen molar-refractivity contribution in [2.75, 3.05) is 30.5 Å². The van der Waals surface area contributed by atoms with Gasteiger partial charge in [-0.25, -0.2) is 24.1 Å². The highest BCUT2D eigenvalue weighted by molar-refractivity contribution is 5.85. The van der Waals surface area contributed by atoms with Crippen molar-refractivity contribution in [3.8, 4) is 11.5 Å². The van der Waals surface area contributed by atoms with Gasteiger partial charge in [0.2, 0.25) is 0 Å². The van der Waals surface area contributed by atoms with E-state index in [2.05, 4.69) is 38.2 Å². The molecular formula is C24H26N2O10. The Labute approximate surface area is 207 Å². The van der Waals surface area contributed by atoms with E-state index in [0.29, 0.717) is 18.0 Å². The number of ether oxygens (including phenoxy) is 3. The van der Waals surface area contributed by atoms with Gasteiger partial charge < -0.3 is 19.3 Å². The second-order valence-electron chi connectivity index (χ2n) is 6.24. The van der Waals surface area contributed by atoms with Crippen LogP contribution in [0.25, 0.3) is 0 Å². The summed E-state index contributed by atoms with van der Waals surface area (Å²) in [6.45, 7) is 8.35. The topological polar surface area (TPSA) is 159 Å². The van der Waals surface area contributed by atoms with E-state index in [-0.39, 0.29) is 24.7 Å². The lowest BCUT2D eigenvalue weighted by Crippen LogP contribution is -2.17. The molecular weight excluding hydrogens is 476 g/mol. The predicted octanol–water partition coefficient (Wildman–Crippen LogP) is 3.95. The number of esters is 1. The standard InChI is InChI=1S/C15H15NO7.C9H11NO3/c1-3-13(17)20-9-10-21-15(19)16-11-5-7-12(8-6-11)22-23-14(18)4-2;1-2-13-9(12)10-7-3-5-8(11)6-4-7/h3-8H,1-2,9-10H2,(H,16,19);3-6,11H,2H2,1H3,(H,10,12). The zero-order chi connectivity index (χ0) is 26.8. The van der Waals surface area contributed by atoms with Crippen molar-refractivity contribution in [1.29, 1.82) is 0 Å². The zero-order valence-electron chi connectivity index (χ0n) is 19.4. The van der Waals surface area contributed by atoms with E-state index < -0.39 is 24.1 Å². The number of benzene rings is 2. The third-order valence-electron chi connectivity index (χ3n) is 3.60. The molecule has 0 aliphatic carbocycles. The molecule has 0 spiro atoms. The molecule has 2 amide bonds. The molecule has 0 atom stereocenters. The first-order valence-electron chi connectivity index (χ1n) is 10.3. The van der Waals surface area contributed by atoms with E-state index >= 15 is 0 Å². The van der Waals surface area contributed by atoms with Crippen LogP contribution in [0.3, 0.4) is 0 Å². The summed E-state index contributed by atoms with van der Waals surface area (Å²) in [6.07, 6.45) is 0.758. The molecule has 0 bridgehead atoms. The Bertz CT molecular complexity index is 1020. The molecule has 2 aromatic carbocycles. The summed E-state index contributed by atoms with van der Waals surface area (Å²) >= 11 is 0. The highest BCUT2D eigenvalue weighted by atomic mass is 17.2. The van der Waals surface area contributed by atoms with Crippen molar-refractivity contribution in [3.05, 3.63) is 73.8 Å². The number of phenols is 1. The quantitative estimate of drug-likeness (QED) is 0.0826. The number of anilines is 2. The summed E-state index contributed by atoms with van der Waals surface area (Å²) in [5.41, 5.74) is 1.02. The van der Waals surface area contributed by atoms with E-state index in [4.69, 9.17) is 14.7 Å². The maximum atomic E-state index is 11.5. The number of aromatic hydroxyl groups is 1. The van der Waals surface area contributed by atoms with Gasteiger partial charge in [0.25, 0.3) is 0 Å². The van der Waals surface area contributed by atoms with Crippen LogP contribution >= 0.6 is 0 Å². The van der Waals surface area contributed by atoms with Crippen molar-refractivity contribution < 1.29 is 48.3 Å². The minimum Gasteiger partial charge on any atom is -0.508 e. The number of hydrogen-bond donors (Lipinski definition) is 3. The number of phenolic OH excluding ortho intramolecular Hbond substituents is 1. The molecule has 0 aliphatic heterocycles. The first-order chi connectivity index (χ1) is 17.3. The maximum Gasteiger partial charge on any atom is 0.411 e. The third kappa shape index (κ3) is 12.9. The van der Waals surface area contributed by atoms with Gasteiger partial charge in [0.1, 0.15) is 19.0 Å². The summed E-state index contributed by atoms with van der Waals surface area (Å²) in [6, 6.07) is 12.1. The van der Waals surface area contributed by atoms with Crippen molar-refractivity contribution in [2.45, 2.75) is 6.92 Å². The van der Waals surface area contributed by atoms with E-state index in [1.165, 1.54) is 36.4 Å². The molecule has 0 heterocycles. The van der Waals surface area contributed by atoms with Gasteiger partial charge in [0.05, 0.1) is 6.61 Å². The SMILES string of the molecule is C=CC(=O)OCCOC(=O)Nc1ccc(OOC(=O)C=C)cc1.CCOC(=O)Nc1ccc(O)cc1. The molecule has 0 unspecified atom stereocenters. The molecule has 3 N–H and O–H groups in total. The molecule has 0 saturated carbocycles. The molecule has 0 saturated heterocycles. The van der Waals surface area contributed by atoms with E-state index in [1.807, 2.05) is 0 Å². The fourth-order valence-corrected chi connectivity index (χ4v) is 2.04. The van der Waals surface area contributed by atoms with Gasteiger partial charge >= 0.3 is 24.1 Å². The van der Waals surface area contributed by atoms with E-state index in [9.17, 15) is 19.2 Å². The summed E-state index contributed by atoms with van der Waals surface area (Å²) in [5, 5.41) is 13.9. The Morgan fingerprint density at radius 3 is 1.81 bits per heavy atom. The summed E-state index contributed by atoms with van der Waals surface area (Å²) in [7, 11) is 0. The fourth-order valence-electron chi connectivity index (χ4n) is 2.04. The third-order valence-corrected chi connectivity index (χ3v) is 3.60. The second-order valence-corrected chi connectivity index (χ2v) is 6.24. The van der Waals surface area contributed by atoms with Crippen molar-refractivity contribution >= 4 is 35.5 Å². The van der Waals surface area contributed by atoms with Crippen molar-refractivity contribution in [3.63, 3.8) is 0 Å². The van der Waals surface area contributed by atoms with Crippen LogP contribution in [0.2, 0.25) is 0 Å². The number of carbonyl (C=O) groups is 4. The van der Waals surface area contributed by atoms with Crippen molar-refractivity contribution in [2.24, 2.45) is 0 Å². The van der Waals surface area contributed by atoms with E-state index in [0.717, 1.165) is 12.2 Å². The Balaban J connectivity index is 0.000000420. The number of amides is 2. The van der Waals surface area contributed by atoms with Crippen LogP contribution in [0.5, 0.6) is 11.5 Å². The fraction of sp³-hybridized carbons (Fsp3) is 0.167. The number of carbonyl (C=O) groups excluding carboxylic acids is 4. The van der Waals surface area contributed by atoms with Gasteiger partial charge in [-0.2, -0.15) is 0 Å². The van der Waals surface area contributed by atoms with Gasteiger partial charge in [0, 0.05) is 23.5 Å². The molecule has 2 rings (SSSR count). The van der Waals surface area contributed by atoms with Crippen LogP contribution in [-0.4, -0.2) is 49.1 Å². The van der Waals surface area contributed by atoms with Gasteiger partial charge in [-0.3, -0.25) is 15.5 Å². The summed E-state index contributed by atoms with van der Waals surface area (Å²) in [5.74, 6) is -0.903. The van der Waals surface area contributed by atoms with Crippen LogP contribution in [0.4, 0.5) is 21.0 Å². The highest BCUT2D eigenvalue weighted by Gasteiger charge is 2.05. The summed E-state index contributed by atoms with van der Waals surface area (Å²) < 4.78 is 14.1. The second kappa shape index (κ2) is 16.6. The van der Waals surface area contributed by atoms with Gasteiger partial charge in [-0.15, -0.1) is 0 Å². The van der Waals surface area contributed by atoms with Gasteiger partial charge in [-0.05, 0) is 55.5 Å². The molecule has 192 valence electrons. The molecule has 12 nitrogen and oxygen atoms in total. The molecule has 12 heteroatoms. The Kier molecular flexibility index (Phi) is 13.4. The van der Waals surface area contributed by atoms with Crippen LogP contribution in [0, 0.1) is 0 Å². The Hall–Kier alpha value is -5.00. The Morgan fingerprint density at radius 1 is 0.778 bits per heavy atom. The number of rotatable bonds is 10. The first kappa shape index (κ1) is 29.0. The molecule has 0 radical (unpaired) electrons. The van der Waals surface area contributed by atoms with E-state index in [1.54, 1.807) is 19.1 Å². The van der Waals surface area contributed by atoms with Crippen molar-refractivity contribution in [1.82, 2.24) is 0 Å².